The topological polar surface area (TPSA) is 74.8 Å². The molecule has 1 fully saturated rings. The Bertz CT molecular complexity index is 1210. The monoisotopic (exact) mass is 475 g/mol. The Morgan fingerprint density at radius 2 is 1.53 bits per heavy atom. The van der Waals surface area contributed by atoms with Crippen LogP contribution in [-0.2, 0) is 0 Å². The number of nitrogens with one attached hydrogen (secondary N) is 2. The third kappa shape index (κ3) is 2.46. The molecule has 0 aliphatic carbocycles. The van der Waals surface area contributed by atoms with Crippen LogP contribution in [0, 0.1) is 0 Å². The second-order valence-electron chi connectivity index (χ2n) is 7.14. The van der Waals surface area contributed by atoms with Crippen molar-refractivity contribution in [2.45, 2.75) is 17.4 Å². The maximum atomic E-state index is 16.6. The van der Waals surface area contributed by atoms with Crippen molar-refractivity contribution < 1.29 is 31.1 Å². The van der Waals surface area contributed by atoms with Gasteiger partial charge in [0.1, 0.15) is 17.6 Å². The highest BCUT2D eigenvalue weighted by molar-refractivity contribution is 7.86. The van der Waals surface area contributed by atoms with Gasteiger partial charge in [-0.25, -0.2) is 4.39 Å². The van der Waals surface area contributed by atoms with E-state index in [9.17, 15) is 13.3 Å². The summed E-state index contributed by atoms with van der Waals surface area (Å²) in [7, 11) is -4.91. The third-order valence-corrected chi connectivity index (χ3v) is 8.94. The zero-order valence-electron chi connectivity index (χ0n) is 15.9. The van der Waals surface area contributed by atoms with Crippen molar-refractivity contribution in [3.8, 4) is 0 Å². The van der Waals surface area contributed by atoms with Crippen LogP contribution in [0.3, 0.4) is 0 Å². The molecule has 5 rings (SSSR count). The van der Waals surface area contributed by atoms with Crippen molar-refractivity contribution in [1.82, 2.24) is 30.2 Å². The van der Waals surface area contributed by atoms with E-state index < -0.39 is 36.5 Å². The Balaban J connectivity index is 1.84. The second kappa shape index (κ2) is 6.72. The highest BCUT2D eigenvalue weighted by atomic mass is 31.2. The lowest BCUT2D eigenvalue weighted by atomic mass is 10.2. The number of rotatable bonds is 5. The van der Waals surface area contributed by atoms with Crippen LogP contribution in [0.15, 0.2) is 60.9 Å². The van der Waals surface area contributed by atoms with Crippen molar-refractivity contribution in [1.29, 1.82) is 0 Å². The van der Waals surface area contributed by atoms with Gasteiger partial charge in [-0.2, -0.15) is 17.6 Å². The van der Waals surface area contributed by atoms with E-state index in [-0.39, 0.29) is 21.9 Å². The fraction of sp³-hybridized carbons (Fsp3) is 0.222. The van der Waals surface area contributed by atoms with Crippen LogP contribution in [0.25, 0.3) is 11.0 Å². The molecule has 1 aromatic carbocycles. The predicted octanol–water partition coefficient (Wildman–Crippen LogP) is 3.19. The van der Waals surface area contributed by atoms with Gasteiger partial charge in [-0.15, -0.1) is 9.58 Å². The summed E-state index contributed by atoms with van der Waals surface area (Å²) in [5.41, 5.74) is -4.93. The van der Waals surface area contributed by atoms with Crippen molar-refractivity contribution in [3.05, 3.63) is 60.9 Å². The maximum absolute atomic E-state index is 16.6. The zero-order chi connectivity index (χ0) is 22.8. The lowest BCUT2D eigenvalue weighted by molar-refractivity contribution is -0.230. The van der Waals surface area contributed by atoms with E-state index in [0.29, 0.717) is 4.85 Å². The lowest BCUT2D eigenvalue weighted by Crippen LogP contribution is -2.60. The maximum Gasteiger partial charge on any atom is 0.368 e. The van der Waals surface area contributed by atoms with Gasteiger partial charge in [0, 0.05) is 12.4 Å². The standard InChI is InChI=1S/C18H14F6N6OP/c19-16(20)11-29(24)18(23,17(16,21)22)32(14-7-3-9-25-14,15-8-4-10-26-15)31-30-13-6-2-1-5-12(13)27-28-30/h1-10,25-26H,11H2. The number of aromatic amines is 2. The lowest BCUT2D eigenvalue weighted by Gasteiger charge is -2.45. The summed E-state index contributed by atoms with van der Waals surface area (Å²) >= 11 is 0. The largest absolute Gasteiger partial charge is 0.368 e. The number of para-hydroxylation sites is 1. The van der Waals surface area contributed by atoms with Gasteiger partial charge < -0.3 is 14.6 Å². The number of alkyl halides is 5. The first kappa shape index (κ1) is 20.8. The van der Waals surface area contributed by atoms with Crippen molar-refractivity contribution in [3.63, 3.8) is 0 Å². The smallest absolute Gasteiger partial charge is 0.366 e. The first-order valence-corrected chi connectivity index (χ1v) is 10.9. The number of benzene rings is 1. The minimum atomic E-state index is -5.48. The van der Waals surface area contributed by atoms with Gasteiger partial charge in [-0.05, 0) is 41.6 Å². The normalized spacial score (nSPS) is 23.1. The highest BCUT2D eigenvalue weighted by Gasteiger charge is 2.88. The number of hydrogen-bond acceptors (Lipinski definition) is 4. The van der Waals surface area contributed by atoms with E-state index in [2.05, 4.69) is 20.3 Å². The summed E-state index contributed by atoms with van der Waals surface area (Å²) in [5.74, 6) is -10.5. The highest BCUT2D eigenvalue weighted by Crippen LogP contribution is 2.75. The molecule has 0 saturated carbocycles. The number of fused-ring (bicyclic) bond motifs is 1. The van der Waals surface area contributed by atoms with E-state index in [1.807, 2.05) is 0 Å². The number of H-pyrrole nitrogens is 2. The van der Waals surface area contributed by atoms with Crippen LogP contribution in [-0.4, -0.2) is 54.2 Å². The molecule has 1 atom stereocenters. The molecule has 0 spiro atoms. The summed E-state index contributed by atoms with van der Waals surface area (Å²) in [6.45, 7) is -2.17. The van der Waals surface area contributed by atoms with E-state index >= 15 is 13.2 Å². The van der Waals surface area contributed by atoms with Gasteiger partial charge in [0.05, 0.1) is 10.9 Å². The van der Waals surface area contributed by atoms with E-state index in [0.717, 1.165) is 12.1 Å². The fourth-order valence-electron chi connectivity index (χ4n) is 3.76. The first-order valence-electron chi connectivity index (χ1n) is 9.21. The van der Waals surface area contributed by atoms with Crippen molar-refractivity contribution in [2.75, 3.05) is 6.54 Å². The number of aromatic nitrogens is 5. The van der Waals surface area contributed by atoms with Gasteiger partial charge >= 0.3 is 17.4 Å². The van der Waals surface area contributed by atoms with Crippen LogP contribution >= 0.6 is 7.49 Å². The number of nitrogens with zero attached hydrogens (tertiary/aromatic N) is 4. The molecule has 2 N–H and O–H groups in total. The molecule has 3 aromatic heterocycles. The summed E-state index contributed by atoms with van der Waals surface area (Å²) < 4.78 is 96.0. The van der Waals surface area contributed by atoms with Crippen molar-refractivity contribution >= 4 is 29.4 Å². The fourth-order valence-corrected chi connectivity index (χ4v) is 7.34. The minimum Gasteiger partial charge on any atom is -0.366 e. The third-order valence-electron chi connectivity index (χ3n) is 5.30. The molecule has 1 unspecified atom stereocenters. The van der Waals surface area contributed by atoms with E-state index in [4.69, 9.17) is 4.62 Å². The Labute approximate surface area is 176 Å². The molecular formula is C18H14F6N6OP. The van der Waals surface area contributed by atoms with Crippen LogP contribution in [0.5, 0.6) is 0 Å². The van der Waals surface area contributed by atoms with Gasteiger partial charge in [0.15, 0.2) is 0 Å². The first-order chi connectivity index (χ1) is 15.1. The van der Waals surface area contributed by atoms with Crippen LogP contribution in [0.1, 0.15) is 0 Å². The second-order valence-corrected chi connectivity index (χ2v) is 10.1. The Hall–Kier alpha value is -3.05. The molecule has 169 valence electrons. The molecule has 1 aliphatic rings. The molecule has 0 amide bonds. The summed E-state index contributed by atoms with van der Waals surface area (Å²) in [5, 5.41) is 6.36. The molecule has 32 heavy (non-hydrogen) atoms. The molecule has 4 heterocycles. The summed E-state index contributed by atoms with van der Waals surface area (Å²) in [6.07, 6.45) is 2.51. The Kier molecular flexibility index (Phi) is 4.38. The number of hydrogen-bond donors (Lipinski definition) is 2. The summed E-state index contributed by atoms with van der Waals surface area (Å²) in [6, 6.07) is 11.1. The Morgan fingerprint density at radius 3 is 2.06 bits per heavy atom. The Morgan fingerprint density at radius 1 is 0.906 bits per heavy atom. The molecular weight excluding hydrogens is 461 g/mol. The van der Waals surface area contributed by atoms with E-state index in [1.165, 1.54) is 36.7 Å². The molecule has 1 saturated heterocycles. The molecule has 0 bridgehead atoms. The molecule has 4 aromatic rings. The van der Waals surface area contributed by atoms with Gasteiger partial charge in [-0.3, -0.25) is 0 Å². The average molecular weight is 475 g/mol. The molecule has 7 nitrogen and oxygen atoms in total. The van der Waals surface area contributed by atoms with Gasteiger partial charge in [0.2, 0.25) is 7.49 Å². The van der Waals surface area contributed by atoms with Crippen LogP contribution in [0.2, 0.25) is 0 Å². The van der Waals surface area contributed by atoms with Gasteiger partial charge in [0.25, 0.3) is 0 Å². The zero-order valence-corrected chi connectivity index (χ0v) is 16.8. The predicted molar refractivity (Wildman–Crippen MR) is 103 cm³/mol. The van der Waals surface area contributed by atoms with Crippen LogP contribution in [0.4, 0.5) is 26.4 Å². The van der Waals surface area contributed by atoms with Gasteiger partial charge in [-0.1, -0.05) is 22.1 Å². The minimum absolute atomic E-state index is 0.136. The quantitative estimate of drug-likeness (QED) is 0.201. The van der Waals surface area contributed by atoms with Crippen LogP contribution < -0.4 is 15.5 Å². The summed E-state index contributed by atoms with van der Waals surface area (Å²) in [4.78, 5) is 5.74. The van der Waals surface area contributed by atoms with E-state index in [1.54, 1.807) is 12.1 Å². The number of halogens is 6. The SMILES string of the molecule is FN1CC(F)(F)C(F)(F)C1(F)[P](On1nnc2ccccc21)(c1ccc[nH]1)c1ccc[nH]1. The van der Waals surface area contributed by atoms with Crippen molar-refractivity contribution in [2.24, 2.45) is 0 Å². The molecule has 1 aliphatic heterocycles. The average Bonchev–Trinajstić information content (AvgIpc) is 3.54. The molecule has 14 heteroatoms. The molecule has 1 radical (unpaired) electrons.